The minimum absolute atomic E-state index is 0.531. The van der Waals surface area contributed by atoms with Crippen LogP contribution in [0, 0.1) is 13.8 Å². The number of hydrogen-bond acceptors (Lipinski definition) is 3. The van der Waals surface area contributed by atoms with Crippen molar-refractivity contribution in [1.82, 2.24) is 10.2 Å². The third-order valence-electron chi connectivity index (χ3n) is 3.43. The highest BCUT2D eigenvalue weighted by Crippen LogP contribution is 2.40. The number of aromatic nitrogens is 2. The lowest BCUT2D eigenvalue weighted by atomic mass is 10.00. The van der Waals surface area contributed by atoms with E-state index in [1.807, 2.05) is 11.4 Å². The number of nitrogens with one attached hydrogen (secondary N) is 1. The standard InChI is InChI=1S/C15H14BrN3S/c1-8-3-4-10(7-9(8)2)12-13(18-19-15(12)17)14-11(16)5-6-20-14/h3-7H,1-2H3,(H3,17,18,19). The second-order valence-corrected chi connectivity index (χ2v) is 6.53. The fourth-order valence-electron chi connectivity index (χ4n) is 2.18. The van der Waals surface area contributed by atoms with Crippen LogP contribution in [0.25, 0.3) is 21.7 Å². The lowest BCUT2D eigenvalue weighted by Crippen LogP contribution is -1.90. The molecular formula is C15H14BrN3S. The molecular weight excluding hydrogens is 334 g/mol. The van der Waals surface area contributed by atoms with E-state index in [9.17, 15) is 0 Å². The molecule has 3 aromatic rings. The van der Waals surface area contributed by atoms with Gasteiger partial charge in [-0.05, 0) is 57.9 Å². The Labute approximate surface area is 130 Å². The number of rotatable bonds is 2. The van der Waals surface area contributed by atoms with Gasteiger partial charge in [-0.1, -0.05) is 18.2 Å². The minimum atomic E-state index is 0.531. The Morgan fingerprint density at radius 2 is 2.00 bits per heavy atom. The van der Waals surface area contributed by atoms with Crippen molar-refractivity contribution in [3.8, 4) is 21.7 Å². The Morgan fingerprint density at radius 3 is 2.65 bits per heavy atom. The van der Waals surface area contributed by atoms with Crippen LogP contribution in [0.1, 0.15) is 11.1 Å². The highest BCUT2D eigenvalue weighted by atomic mass is 79.9. The Hall–Kier alpha value is -1.59. The van der Waals surface area contributed by atoms with E-state index in [2.05, 4.69) is 58.2 Å². The van der Waals surface area contributed by atoms with Crippen LogP contribution in [0.4, 0.5) is 5.82 Å². The summed E-state index contributed by atoms with van der Waals surface area (Å²) < 4.78 is 1.05. The molecule has 0 aliphatic heterocycles. The minimum Gasteiger partial charge on any atom is -0.382 e. The van der Waals surface area contributed by atoms with E-state index in [0.717, 1.165) is 26.2 Å². The van der Waals surface area contributed by atoms with Gasteiger partial charge in [0, 0.05) is 4.47 Å². The van der Waals surface area contributed by atoms with Crippen LogP contribution >= 0.6 is 27.3 Å². The summed E-state index contributed by atoms with van der Waals surface area (Å²) in [4.78, 5) is 1.11. The number of hydrogen-bond donors (Lipinski definition) is 2. The van der Waals surface area contributed by atoms with Crippen LogP contribution in [0.15, 0.2) is 34.1 Å². The highest BCUT2D eigenvalue weighted by Gasteiger charge is 2.17. The summed E-state index contributed by atoms with van der Waals surface area (Å²) in [5.41, 5.74) is 11.6. The molecule has 20 heavy (non-hydrogen) atoms. The Kier molecular flexibility index (Phi) is 3.40. The van der Waals surface area contributed by atoms with Gasteiger partial charge in [-0.15, -0.1) is 11.3 Å². The topological polar surface area (TPSA) is 54.7 Å². The van der Waals surface area contributed by atoms with Gasteiger partial charge in [0.25, 0.3) is 0 Å². The first-order valence-corrected chi connectivity index (χ1v) is 7.90. The molecule has 102 valence electrons. The molecule has 0 unspecified atom stereocenters. The van der Waals surface area contributed by atoms with Gasteiger partial charge in [0.2, 0.25) is 0 Å². The number of thiophene rings is 1. The predicted molar refractivity (Wildman–Crippen MR) is 88.9 cm³/mol. The molecule has 5 heteroatoms. The molecule has 0 fully saturated rings. The summed E-state index contributed by atoms with van der Waals surface area (Å²) in [6, 6.07) is 8.39. The largest absolute Gasteiger partial charge is 0.382 e. The van der Waals surface area contributed by atoms with Gasteiger partial charge in [-0.25, -0.2) is 0 Å². The zero-order chi connectivity index (χ0) is 14.3. The van der Waals surface area contributed by atoms with Crippen LogP contribution in [-0.2, 0) is 0 Å². The first-order chi connectivity index (χ1) is 9.58. The SMILES string of the molecule is Cc1ccc(-c2c(N)n[nH]c2-c2sccc2Br)cc1C. The second kappa shape index (κ2) is 5.07. The summed E-state index contributed by atoms with van der Waals surface area (Å²) in [5, 5.41) is 9.28. The fraction of sp³-hybridized carbons (Fsp3) is 0.133. The molecule has 2 heterocycles. The Morgan fingerprint density at radius 1 is 1.20 bits per heavy atom. The molecule has 0 bridgehead atoms. The van der Waals surface area contributed by atoms with Crippen molar-refractivity contribution < 1.29 is 0 Å². The maximum atomic E-state index is 6.06. The number of aromatic amines is 1. The van der Waals surface area contributed by atoms with E-state index in [4.69, 9.17) is 5.73 Å². The number of aryl methyl sites for hydroxylation is 2. The fourth-order valence-corrected chi connectivity index (χ4v) is 3.75. The van der Waals surface area contributed by atoms with Gasteiger partial charge < -0.3 is 5.73 Å². The van der Waals surface area contributed by atoms with Gasteiger partial charge in [-0.2, -0.15) is 5.10 Å². The molecule has 1 aromatic carbocycles. The van der Waals surface area contributed by atoms with Gasteiger partial charge >= 0.3 is 0 Å². The van der Waals surface area contributed by atoms with Crippen molar-refractivity contribution in [2.75, 3.05) is 5.73 Å². The smallest absolute Gasteiger partial charge is 0.153 e. The maximum Gasteiger partial charge on any atom is 0.153 e. The van der Waals surface area contributed by atoms with Gasteiger partial charge in [-0.3, -0.25) is 5.10 Å². The number of nitrogens with zero attached hydrogens (tertiary/aromatic N) is 1. The number of nitrogen functional groups attached to an aromatic ring is 1. The molecule has 0 atom stereocenters. The van der Waals surface area contributed by atoms with E-state index in [0.29, 0.717) is 5.82 Å². The van der Waals surface area contributed by atoms with Gasteiger partial charge in [0.05, 0.1) is 16.1 Å². The average Bonchev–Trinajstić information content (AvgIpc) is 2.99. The first-order valence-electron chi connectivity index (χ1n) is 6.22. The number of nitrogens with two attached hydrogens (primary N) is 1. The van der Waals surface area contributed by atoms with Crippen LogP contribution in [0.5, 0.6) is 0 Å². The lowest BCUT2D eigenvalue weighted by Gasteiger charge is -2.07. The van der Waals surface area contributed by atoms with Crippen molar-refractivity contribution in [3.63, 3.8) is 0 Å². The van der Waals surface area contributed by atoms with Crippen LogP contribution in [0.3, 0.4) is 0 Å². The number of H-pyrrole nitrogens is 1. The van der Waals surface area contributed by atoms with Crippen molar-refractivity contribution in [2.45, 2.75) is 13.8 Å². The van der Waals surface area contributed by atoms with Crippen LogP contribution in [0.2, 0.25) is 0 Å². The molecule has 3 nitrogen and oxygen atoms in total. The second-order valence-electron chi connectivity index (χ2n) is 4.76. The number of anilines is 1. The molecule has 0 aliphatic rings. The number of benzene rings is 1. The molecule has 0 radical (unpaired) electrons. The van der Waals surface area contributed by atoms with Crippen molar-refractivity contribution >= 4 is 33.1 Å². The molecule has 0 amide bonds. The van der Waals surface area contributed by atoms with Crippen LogP contribution in [-0.4, -0.2) is 10.2 Å². The summed E-state index contributed by atoms with van der Waals surface area (Å²) >= 11 is 5.23. The first kappa shape index (κ1) is 13.4. The average molecular weight is 348 g/mol. The summed E-state index contributed by atoms with van der Waals surface area (Å²) in [6.07, 6.45) is 0. The molecule has 0 spiro atoms. The lowest BCUT2D eigenvalue weighted by molar-refractivity contribution is 1.10. The summed E-state index contributed by atoms with van der Waals surface area (Å²) in [6.45, 7) is 4.21. The van der Waals surface area contributed by atoms with E-state index in [-0.39, 0.29) is 0 Å². The predicted octanol–water partition coefficient (Wildman–Crippen LogP) is 4.77. The third-order valence-corrected chi connectivity index (χ3v) is 5.29. The van der Waals surface area contributed by atoms with Gasteiger partial charge in [0.15, 0.2) is 5.82 Å². The normalized spacial score (nSPS) is 10.9. The van der Waals surface area contributed by atoms with E-state index in [1.165, 1.54) is 11.1 Å². The Balaban J connectivity index is 2.21. The maximum absolute atomic E-state index is 6.06. The van der Waals surface area contributed by atoms with Gasteiger partial charge in [0.1, 0.15) is 0 Å². The molecule has 3 N–H and O–H groups in total. The van der Waals surface area contributed by atoms with Crippen molar-refractivity contribution in [3.05, 3.63) is 45.2 Å². The van der Waals surface area contributed by atoms with E-state index in [1.54, 1.807) is 11.3 Å². The summed E-state index contributed by atoms with van der Waals surface area (Å²) in [5.74, 6) is 0.531. The monoisotopic (exact) mass is 347 g/mol. The highest BCUT2D eigenvalue weighted by molar-refractivity contribution is 9.10. The molecule has 0 aliphatic carbocycles. The van der Waals surface area contributed by atoms with Crippen LogP contribution < -0.4 is 5.73 Å². The molecule has 0 saturated heterocycles. The zero-order valence-corrected chi connectivity index (χ0v) is 13.6. The molecule has 3 rings (SSSR count). The molecule has 0 saturated carbocycles. The van der Waals surface area contributed by atoms with E-state index >= 15 is 0 Å². The third kappa shape index (κ3) is 2.17. The zero-order valence-electron chi connectivity index (χ0n) is 11.2. The van der Waals surface area contributed by atoms with Crippen molar-refractivity contribution in [1.29, 1.82) is 0 Å². The summed E-state index contributed by atoms with van der Waals surface area (Å²) in [7, 11) is 0. The molecule has 2 aromatic heterocycles. The quantitative estimate of drug-likeness (QED) is 0.701. The number of halogens is 1. The van der Waals surface area contributed by atoms with E-state index < -0.39 is 0 Å². The Bertz CT molecular complexity index is 773. The van der Waals surface area contributed by atoms with Crippen molar-refractivity contribution in [2.24, 2.45) is 0 Å².